The first-order valence-corrected chi connectivity index (χ1v) is 5.86. The Balaban J connectivity index is 1.84. The number of carbonyl (C=O) groups excluding carboxylic acids is 1. The van der Waals surface area contributed by atoms with Crippen molar-refractivity contribution >= 4 is 5.91 Å². The first kappa shape index (κ1) is 9.84. The lowest BCUT2D eigenvalue weighted by molar-refractivity contribution is 0.0784. The zero-order valence-electron chi connectivity index (χ0n) is 9.20. The van der Waals surface area contributed by atoms with Gasteiger partial charge < -0.3 is 10.6 Å². The van der Waals surface area contributed by atoms with E-state index in [9.17, 15) is 4.79 Å². The number of nitrogens with one attached hydrogen (secondary N) is 1. The maximum atomic E-state index is 12.2. The topological polar surface area (TPSA) is 75.0 Å². The van der Waals surface area contributed by atoms with Crippen molar-refractivity contribution in [3.63, 3.8) is 0 Å². The van der Waals surface area contributed by atoms with Crippen LogP contribution in [0.1, 0.15) is 34.6 Å². The molecule has 0 saturated carbocycles. The van der Waals surface area contributed by atoms with E-state index in [2.05, 4.69) is 10.2 Å². The number of hydrogen-bond acceptors (Lipinski definition) is 3. The first-order chi connectivity index (χ1) is 7.75. The predicted octanol–water partition coefficient (Wildman–Crippen LogP) is 0.0716. The number of aromatic nitrogens is 2. The van der Waals surface area contributed by atoms with Gasteiger partial charge in [-0.15, -0.1) is 0 Å². The fourth-order valence-electron chi connectivity index (χ4n) is 2.62. The van der Waals surface area contributed by atoms with Gasteiger partial charge in [0.05, 0.1) is 0 Å². The Morgan fingerprint density at radius 3 is 3.12 bits per heavy atom. The van der Waals surface area contributed by atoms with Gasteiger partial charge in [0.1, 0.15) is 0 Å². The number of rotatable bonds is 1. The summed E-state index contributed by atoms with van der Waals surface area (Å²) < 4.78 is 0. The first-order valence-electron chi connectivity index (χ1n) is 5.86. The highest BCUT2D eigenvalue weighted by Gasteiger charge is 2.30. The lowest BCUT2D eigenvalue weighted by Gasteiger charge is -2.14. The third-order valence-electron chi connectivity index (χ3n) is 3.52. The molecule has 3 N–H and O–H groups in total. The smallest absolute Gasteiger partial charge is 0.274 e. The van der Waals surface area contributed by atoms with E-state index in [1.165, 1.54) is 0 Å². The molecule has 0 aromatic carbocycles. The van der Waals surface area contributed by atoms with Gasteiger partial charge in [0, 0.05) is 30.4 Å². The number of carbonyl (C=O) groups is 1. The zero-order valence-corrected chi connectivity index (χ0v) is 9.20. The van der Waals surface area contributed by atoms with Crippen molar-refractivity contribution in [3.8, 4) is 0 Å². The van der Waals surface area contributed by atoms with E-state index in [4.69, 9.17) is 5.73 Å². The Kier molecular flexibility index (Phi) is 2.21. The van der Waals surface area contributed by atoms with Crippen LogP contribution in [0, 0.1) is 0 Å². The number of hydrogen-bond donors (Lipinski definition) is 2. The van der Waals surface area contributed by atoms with Crippen LogP contribution < -0.4 is 5.73 Å². The highest BCUT2D eigenvalue weighted by Crippen LogP contribution is 2.24. The minimum absolute atomic E-state index is 0.0485. The molecule has 0 radical (unpaired) electrons. The number of aromatic amines is 1. The molecule has 1 fully saturated rings. The normalized spacial score (nSPS) is 23.8. The van der Waals surface area contributed by atoms with E-state index in [1.54, 1.807) is 0 Å². The average molecular weight is 220 g/mol. The summed E-state index contributed by atoms with van der Waals surface area (Å²) in [6, 6.07) is 0.135. The quantitative estimate of drug-likeness (QED) is 0.703. The molecule has 0 spiro atoms. The highest BCUT2D eigenvalue weighted by atomic mass is 16.2. The van der Waals surface area contributed by atoms with Gasteiger partial charge in [0.2, 0.25) is 0 Å². The molecular formula is C11H16N4O. The highest BCUT2D eigenvalue weighted by molar-refractivity contribution is 5.94. The molecule has 3 rings (SSSR count). The fraction of sp³-hybridized carbons (Fsp3) is 0.636. The summed E-state index contributed by atoms with van der Waals surface area (Å²) in [7, 11) is 0. The van der Waals surface area contributed by atoms with Crippen molar-refractivity contribution in [1.29, 1.82) is 0 Å². The molecule has 1 amide bonds. The zero-order chi connectivity index (χ0) is 11.1. The summed E-state index contributed by atoms with van der Waals surface area (Å²) in [5.41, 5.74) is 8.71. The lowest BCUT2D eigenvalue weighted by atomic mass is 10.2. The Hall–Kier alpha value is -1.36. The summed E-state index contributed by atoms with van der Waals surface area (Å²) >= 11 is 0. The van der Waals surface area contributed by atoms with Crippen molar-refractivity contribution in [2.45, 2.75) is 31.7 Å². The van der Waals surface area contributed by atoms with Gasteiger partial charge in [0.15, 0.2) is 5.69 Å². The second kappa shape index (κ2) is 3.59. The molecule has 0 unspecified atom stereocenters. The molecule has 2 aliphatic rings. The van der Waals surface area contributed by atoms with Gasteiger partial charge in [-0.1, -0.05) is 0 Å². The van der Waals surface area contributed by atoms with Crippen molar-refractivity contribution < 1.29 is 4.79 Å². The van der Waals surface area contributed by atoms with Crippen LogP contribution in [0.2, 0.25) is 0 Å². The van der Waals surface area contributed by atoms with Gasteiger partial charge in [-0.3, -0.25) is 9.89 Å². The minimum Gasteiger partial charge on any atom is -0.336 e. The molecule has 1 atom stereocenters. The van der Waals surface area contributed by atoms with Gasteiger partial charge in [-0.05, 0) is 25.7 Å². The molecule has 1 aliphatic carbocycles. The number of fused-ring (bicyclic) bond motifs is 1. The summed E-state index contributed by atoms with van der Waals surface area (Å²) in [6.07, 6.45) is 4.03. The van der Waals surface area contributed by atoms with E-state index >= 15 is 0 Å². The summed E-state index contributed by atoms with van der Waals surface area (Å²) in [5.74, 6) is 0.0485. The van der Waals surface area contributed by atoms with Crippen LogP contribution in [-0.4, -0.2) is 40.1 Å². The second-order valence-corrected chi connectivity index (χ2v) is 4.68. The van der Waals surface area contributed by atoms with Crippen LogP contribution in [0.3, 0.4) is 0 Å². The van der Waals surface area contributed by atoms with Crippen LogP contribution in [0.25, 0.3) is 0 Å². The van der Waals surface area contributed by atoms with Gasteiger partial charge in [0.25, 0.3) is 5.91 Å². The number of nitrogens with two attached hydrogens (primary N) is 1. The third-order valence-corrected chi connectivity index (χ3v) is 3.52. The number of H-pyrrole nitrogens is 1. The van der Waals surface area contributed by atoms with Crippen molar-refractivity contribution in [3.05, 3.63) is 17.0 Å². The molecule has 0 bridgehead atoms. The fourth-order valence-corrected chi connectivity index (χ4v) is 2.62. The van der Waals surface area contributed by atoms with Gasteiger partial charge in [-0.2, -0.15) is 5.10 Å². The number of nitrogens with zero attached hydrogens (tertiary/aromatic N) is 2. The van der Waals surface area contributed by atoms with Gasteiger partial charge in [-0.25, -0.2) is 0 Å². The van der Waals surface area contributed by atoms with E-state index < -0.39 is 0 Å². The Bertz CT molecular complexity index is 426. The van der Waals surface area contributed by atoms with E-state index in [-0.39, 0.29) is 11.9 Å². The molecule has 5 heteroatoms. The molecule has 1 aliphatic heterocycles. The van der Waals surface area contributed by atoms with Crippen LogP contribution in [-0.2, 0) is 12.8 Å². The van der Waals surface area contributed by atoms with Crippen LogP contribution in [0.4, 0.5) is 0 Å². The van der Waals surface area contributed by atoms with Gasteiger partial charge >= 0.3 is 0 Å². The maximum absolute atomic E-state index is 12.2. The molecule has 2 heterocycles. The monoisotopic (exact) mass is 220 g/mol. The molecule has 86 valence electrons. The van der Waals surface area contributed by atoms with Crippen LogP contribution in [0.15, 0.2) is 0 Å². The van der Waals surface area contributed by atoms with E-state index in [0.717, 1.165) is 43.5 Å². The van der Waals surface area contributed by atoms with Crippen molar-refractivity contribution in [2.75, 3.05) is 13.1 Å². The summed E-state index contributed by atoms with van der Waals surface area (Å²) in [4.78, 5) is 14.0. The van der Waals surface area contributed by atoms with Crippen molar-refractivity contribution in [1.82, 2.24) is 15.1 Å². The number of amides is 1. The number of likely N-dealkylation sites (tertiary alicyclic amines) is 1. The standard InChI is InChI=1S/C11H16N4O/c12-7-4-5-15(6-7)11(16)10-8-2-1-3-9(8)13-14-10/h7H,1-6,12H2,(H,13,14)/t7-/m1/s1. The summed E-state index contributed by atoms with van der Waals surface area (Å²) in [5, 5.41) is 7.12. The predicted molar refractivity (Wildman–Crippen MR) is 59.1 cm³/mol. The Morgan fingerprint density at radius 2 is 2.38 bits per heavy atom. The summed E-state index contributed by atoms with van der Waals surface area (Å²) in [6.45, 7) is 1.43. The molecular weight excluding hydrogens is 204 g/mol. The minimum atomic E-state index is 0.0485. The maximum Gasteiger partial charge on any atom is 0.274 e. The largest absolute Gasteiger partial charge is 0.336 e. The van der Waals surface area contributed by atoms with Crippen molar-refractivity contribution in [2.24, 2.45) is 5.73 Å². The molecule has 5 nitrogen and oxygen atoms in total. The third kappa shape index (κ3) is 1.43. The average Bonchev–Trinajstić information content (AvgIpc) is 2.90. The molecule has 1 aromatic heterocycles. The lowest BCUT2D eigenvalue weighted by Crippen LogP contribution is -2.32. The SMILES string of the molecule is N[C@@H]1CCN(C(=O)c2n[nH]c3c2CCC3)C1. The molecule has 16 heavy (non-hydrogen) atoms. The van der Waals surface area contributed by atoms with Crippen LogP contribution in [0.5, 0.6) is 0 Å². The Labute approximate surface area is 94.0 Å². The van der Waals surface area contributed by atoms with Crippen LogP contribution >= 0.6 is 0 Å². The second-order valence-electron chi connectivity index (χ2n) is 4.68. The van der Waals surface area contributed by atoms with E-state index in [0.29, 0.717) is 12.2 Å². The number of aryl methyl sites for hydroxylation is 1. The molecule has 1 saturated heterocycles. The Morgan fingerprint density at radius 1 is 1.50 bits per heavy atom. The van der Waals surface area contributed by atoms with E-state index in [1.807, 2.05) is 4.90 Å². The molecule has 1 aromatic rings.